The van der Waals surface area contributed by atoms with Crippen LogP contribution in [0.15, 0.2) is 72.8 Å². The van der Waals surface area contributed by atoms with Gasteiger partial charge in [-0.1, -0.05) is 37.3 Å². The lowest BCUT2D eigenvalue weighted by Gasteiger charge is -2.14. The fourth-order valence-electron chi connectivity index (χ4n) is 3.34. The van der Waals surface area contributed by atoms with E-state index in [1.807, 2.05) is 13.0 Å². The number of benzene rings is 3. The summed E-state index contributed by atoms with van der Waals surface area (Å²) in [5, 5.41) is 2.77. The summed E-state index contributed by atoms with van der Waals surface area (Å²) in [5.74, 6) is -0.655. The Kier molecular flexibility index (Phi) is 5.30. The predicted octanol–water partition coefficient (Wildman–Crippen LogP) is 4.53. The van der Waals surface area contributed by atoms with Crippen LogP contribution in [0.3, 0.4) is 0 Å². The summed E-state index contributed by atoms with van der Waals surface area (Å²) in [4.78, 5) is 39.8. The van der Waals surface area contributed by atoms with Gasteiger partial charge in [-0.05, 0) is 48.9 Å². The molecule has 0 atom stereocenters. The summed E-state index contributed by atoms with van der Waals surface area (Å²) in [7, 11) is 0. The molecule has 3 aromatic carbocycles. The first-order chi connectivity index (χ1) is 14.6. The van der Waals surface area contributed by atoms with Crippen LogP contribution in [0.1, 0.15) is 44.4 Å². The summed E-state index contributed by atoms with van der Waals surface area (Å²) >= 11 is 0. The third kappa shape index (κ3) is 3.55. The number of fused-ring (bicyclic) bond motifs is 1. The lowest BCUT2D eigenvalue weighted by atomic mass is 10.1. The van der Waals surface area contributed by atoms with E-state index in [4.69, 9.17) is 4.74 Å². The first-order valence-electron chi connectivity index (χ1n) is 9.71. The van der Waals surface area contributed by atoms with Crippen molar-refractivity contribution in [2.75, 3.05) is 16.8 Å². The summed E-state index contributed by atoms with van der Waals surface area (Å²) < 4.78 is 5.58. The smallest absolute Gasteiger partial charge is 0.268 e. The molecule has 30 heavy (non-hydrogen) atoms. The molecular formula is C24H20N2O4. The predicted molar refractivity (Wildman–Crippen MR) is 114 cm³/mol. The maximum atomic E-state index is 13.1. The molecule has 0 spiro atoms. The molecule has 6 heteroatoms. The zero-order valence-electron chi connectivity index (χ0n) is 16.4. The number of hydrogen-bond acceptors (Lipinski definition) is 4. The maximum Gasteiger partial charge on any atom is 0.268 e. The molecule has 3 amide bonds. The molecule has 1 heterocycles. The molecule has 0 radical (unpaired) electrons. The van der Waals surface area contributed by atoms with E-state index >= 15 is 0 Å². The molecule has 0 aliphatic carbocycles. The van der Waals surface area contributed by atoms with Crippen LogP contribution in [0.4, 0.5) is 11.4 Å². The lowest BCUT2D eigenvalue weighted by Crippen LogP contribution is -2.29. The van der Waals surface area contributed by atoms with E-state index in [-0.39, 0.29) is 17.0 Å². The topological polar surface area (TPSA) is 75.7 Å². The molecule has 1 aliphatic heterocycles. The van der Waals surface area contributed by atoms with E-state index in [1.165, 1.54) is 0 Å². The van der Waals surface area contributed by atoms with Crippen molar-refractivity contribution < 1.29 is 19.1 Å². The van der Waals surface area contributed by atoms with Crippen LogP contribution < -0.4 is 15.0 Å². The average Bonchev–Trinajstić information content (AvgIpc) is 3.04. The van der Waals surface area contributed by atoms with E-state index in [0.717, 1.165) is 11.3 Å². The number of nitrogens with one attached hydrogen (secondary N) is 1. The highest BCUT2D eigenvalue weighted by molar-refractivity contribution is 6.36. The van der Waals surface area contributed by atoms with Crippen molar-refractivity contribution in [2.45, 2.75) is 13.3 Å². The van der Waals surface area contributed by atoms with Crippen LogP contribution in [0.2, 0.25) is 0 Å². The number of amides is 3. The molecule has 150 valence electrons. The Balaban J connectivity index is 1.62. The quantitative estimate of drug-likeness (QED) is 0.617. The first kappa shape index (κ1) is 19.4. The van der Waals surface area contributed by atoms with E-state index in [2.05, 4.69) is 5.32 Å². The number of carbonyl (C=O) groups is 3. The molecule has 0 bridgehead atoms. The Labute approximate surface area is 174 Å². The Morgan fingerprint density at radius 3 is 2.47 bits per heavy atom. The van der Waals surface area contributed by atoms with Gasteiger partial charge in [-0.15, -0.1) is 0 Å². The van der Waals surface area contributed by atoms with Gasteiger partial charge in [-0.2, -0.15) is 0 Å². The van der Waals surface area contributed by atoms with Gasteiger partial charge in [0, 0.05) is 5.56 Å². The normalized spacial score (nSPS) is 12.6. The molecule has 4 rings (SSSR count). The highest BCUT2D eigenvalue weighted by Crippen LogP contribution is 2.33. The average molecular weight is 400 g/mol. The number of rotatable bonds is 6. The molecule has 0 saturated carbocycles. The highest BCUT2D eigenvalue weighted by Gasteiger charge is 2.38. The molecule has 0 saturated heterocycles. The second-order valence-electron chi connectivity index (χ2n) is 6.84. The van der Waals surface area contributed by atoms with Crippen LogP contribution in [0, 0.1) is 0 Å². The minimum Gasteiger partial charge on any atom is -0.494 e. The molecule has 6 nitrogen and oxygen atoms in total. The molecular weight excluding hydrogens is 380 g/mol. The molecule has 3 aromatic rings. The number of ether oxygens (including phenoxy) is 1. The molecule has 0 unspecified atom stereocenters. The van der Waals surface area contributed by atoms with Gasteiger partial charge in [0.25, 0.3) is 17.7 Å². The SMILES string of the molecule is CCCOc1cccc(C(=O)Nc2cccc3c2C(=O)N(c2ccccc2)C3=O)c1. The van der Waals surface area contributed by atoms with Crippen LogP contribution in [0.5, 0.6) is 5.75 Å². The fraction of sp³-hybridized carbons (Fsp3) is 0.125. The van der Waals surface area contributed by atoms with Gasteiger partial charge in [-0.25, -0.2) is 4.90 Å². The third-order valence-corrected chi connectivity index (χ3v) is 4.75. The van der Waals surface area contributed by atoms with Gasteiger partial charge < -0.3 is 10.1 Å². The lowest BCUT2D eigenvalue weighted by molar-refractivity contribution is 0.0926. The second-order valence-corrected chi connectivity index (χ2v) is 6.84. The summed E-state index contributed by atoms with van der Waals surface area (Å²) in [6, 6.07) is 20.4. The number of hydrogen-bond donors (Lipinski definition) is 1. The number of imide groups is 1. The molecule has 1 aliphatic rings. The van der Waals surface area contributed by atoms with Gasteiger partial charge >= 0.3 is 0 Å². The second kappa shape index (κ2) is 8.21. The minimum absolute atomic E-state index is 0.193. The molecule has 1 N–H and O–H groups in total. The minimum atomic E-state index is -0.461. The Hall–Kier alpha value is -3.93. The molecule has 0 fully saturated rings. The monoisotopic (exact) mass is 400 g/mol. The molecule has 0 aromatic heterocycles. The van der Waals surface area contributed by atoms with E-state index in [1.54, 1.807) is 66.7 Å². The number of para-hydroxylation sites is 1. The summed E-state index contributed by atoms with van der Waals surface area (Å²) in [6.45, 7) is 2.56. The highest BCUT2D eigenvalue weighted by atomic mass is 16.5. The van der Waals surface area contributed by atoms with E-state index in [0.29, 0.717) is 29.3 Å². The van der Waals surface area contributed by atoms with Gasteiger partial charge in [0.05, 0.1) is 29.1 Å². The number of anilines is 2. The Morgan fingerprint density at radius 1 is 0.933 bits per heavy atom. The van der Waals surface area contributed by atoms with Crippen molar-refractivity contribution >= 4 is 29.1 Å². The van der Waals surface area contributed by atoms with Crippen LogP contribution in [0.25, 0.3) is 0 Å². The van der Waals surface area contributed by atoms with Crippen LogP contribution in [-0.4, -0.2) is 24.3 Å². The Bertz CT molecular complexity index is 1130. The van der Waals surface area contributed by atoms with Crippen molar-refractivity contribution in [2.24, 2.45) is 0 Å². The standard InChI is InChI=1S/C24H20N2O4/c1-2-14-30-18-11-6-8-16(15-18)22(27)25-20-13-7-12-19-21(20)24(29)26(23(19)28)17-9-4-3-5-10-17/h3-13,15H,2,14H2,1H3,(H,25,27). The van der Waals surface area contributed by atoms with Crippen LogP contribution in [-0.2, 0) is 0 Å². The third-order valence-electron chi connectivity index (χ3n) is 4.75. The zero-order chi connectivity index (χ0) is 21.1. The first-order valence-corrected chi connectivity index (χ1v) is 9.71. The van der Waals surface area contributed by atoms with Crippen molar-refractivity contribution in [1.82, 2.24) is 0 Å². The van der Waals surface area contributed by atoms with Crippen molar-refractivity contribution in [3.63, 3.8) is 0 Å². The fourth-order valence-corrected chi connectivity index (χ4v) is 3.34. The largest absolute Gasteiger partial charge is 0.494 e. The summed E-state index contributed by atoms with van der Waals surface area (Å²) in [6.07, 6.45) is 0.862. The van der Waals surface area contributed by atoms with E-state index < -0.39 is 11.8 Å². The van der Waals surface area contributed by atoms with Gasteiger partial charge in [0.1, 0.15) is 5.75 Å². The van der Waals surface area contributed by atoms with Crippen LogP contribution >= 0.6 is 0 Å². The Morgan fingerprint density at radius 2 is 1.70 bits per heavy atom. The summed E-state index contributed by atoms with van der Waals surface area (Å²) in [5.41, 5.74) is 1.65. The van der Waals surface area contributed by atoms with Crippen molar-refractivity contribution in [3.8, 4) is 5.75 Å². The number of carbonyl (C=O) groups excluding carboxylic acids is 3. The van der Waals surface area contributed by atoms with Crippen molar-refractivity contribution in [1.29, 1.82) is 0 Å². The van der Waals surface area contributed by atoms with Crippen molar-refractivity contribution in [3.05, 3.63) is 89.5 Å². The number of nitrogens with zero attached hydrogens (tertiary/aromatic N) is 1. The van der Waals surface area contributed by atoms with Gasteiger partial charge in [0.15, 0.2) is 0 Å². The zero-order valence-corrected chi connectivity index (χ0v) is 16.4. The van der Waals surface area contributed by atoms with Gasteiger partial charge in [0.2, 0.25) is 0 Å². The van der Waals surface area contributed by atoms with Gasteiger partial charge in [-0.3, -0.25) is 14.4 Å². The van der Waals surface area contributed by atoms with E-state index in [9.17, 15) is 14.4 Å². The maximum absolute atomic E-state index is 13.1.